The predicted molar refractivity (Wildman–Crippen MR) is 128 cm³/mol. The number of pyridine rings is 1. The predicted octanol–water partition coefficient (Wildman–Crippen LogP) is 6.19. The van der Waals surface area contributed by atoms with E-state index < -0.39 is 17.7 Å². The fourth-order valence-electron chi connectivity index (χ4n) is 4.90. The first-order valence-electron chi connectivity index (χ1n) is 11.7. The van der Waals surface area contributed by atoms with Crippen LogP contribution in [0.4, 0.5) is 0 Å². The second-order valence-corrected chi connectivity index (χ2v) is 10.2. The number of benzene rings is 1. The lowest BCUT2D eigenvalue weighted by atomic mass is 9.90. The van der Waals surface area contributed by atoms with Gasteiger partial charge in [0, 0.05) is 22.9 Å². The summed E-state index contributed by atoms with van der Waals surface area (Å²) < 4.78 is 8.16. The molecule has 1 heterocycles. The van der Waals surface area contributed by atoms with Crippen molar-refractivity contribution in [2.24, 2.45) is 0 Å². The Morgan fingerprint density at radius 1 is 1.06 bits per heavy atom. The van der Waals surface area contributed by atoms with E-state index in [1.165, 1.54) is 12.0 Å². The Morgan fingerprint density at radius 3 is 2.22 bits per heavy atom. The molecule has 1 aliphatic rings. The fraction of sp³-hybridized carbons (Fsp3) is 0.556. The van der Waals surface area contributed by atoms with Gasteiger partial charge in [-0.25, -0.2) is 4.79 Å². The second kappa shape index (κ2) is 9.22. The molecule has 3 rings (SSSR count). The minimum absolute atomic E-state index is 0.114. The standard InChI is InChI=1S/C27H37NO4/c1-16-13-14-20(15-17(16)2)22-19(4)28(21-11-9-8-10-12-21)23(18(3)24(22)29)25(26(30)31)32-27(5,6)7/h13-15,21,25H,8-12H2,1-7H3,(H,30,31). The molecule has 1 aromatic carbocycles. The summed E-state index contributed by atoms with van der Waals surface area (Å²) in [4.78, 5) is 26.1. The van der Waals surface area contributed by atoms with Crippen molar-refractivity contribution >= 4 is 5.97 Å². The van der Waals surface area contributed by atoms with Crippen LogP contribution in [0.5, 0.6) is 0 Å². The zero-order valence-electron chi connectivity index (χ0n) is 20.5. The third-order valence-electron chi connectivity index (χ3n) is 6.61. The first kappa shape index (κ1) is 24.2. The average molecular weight is 440 g/mol. The highest BCUT2D eigenvalue weighted by Crippen LogP contribution is 2.37. The monoisotopic (exact) mass is 439 g/mol. The molecule has 0 spiro atoms. The van der Waals surface area contributed by atoms with Gasteiger partial charge in [-0.05, 0) is 78.0 Å². The lowest BCUT2D eigenvalue weighted by molar-refractivity contribution is -0.161. The number of carbonyl (C=O) groups is 1. The van der Waals surface area contributed by atoms with Gasteiger partial charge < -0.3 is 14.4 Å². The molecular weight excluding hydrogens is 402 g/mol. The van der Waals surface area contributed by atoms with Crippen molar-refractivity contribution in [3.8, 4) is 11.1 Å². The molecule has 32 heavy (non-hydrogen) atoms. The number of ether oxygens (including phenoxy) is 1. The van der Waals surface area contributed by atoms with Gasteiger partial charge >= 0.3 is 5.97 Å². The number of aliphatic carboxylic acids is 1. The number of rotatable bonds is 5. The van der Waals surface area contributed by atoms with Crippen molar-refractivity contribution in [1.29, 1.82) is 0 Å². The third kappa shape index (κ3) is 4.83. The van der Waals surface area contributed by atoms with E-state index in [0.29, 0.717) is 16.8 Å². The molecule has 1 atom stereocenters. The minimum Gasteiger partial charge on any atom is -0.479 e. The first-order valence-corrected chi connectivity index (χ1v) is 11.7. The number of aromatic nitrogens is 1. The van der Waals surface area contributed by atoms with Crippen LogP contribution in [0.25, 0.3) is 11.1 Å². The molecule has 1 fully saturated rings. The van der Waals surface area contributed by atoms with Crippen LogP contribution < -0.4 is 5.43 Å². The molecule has 0 radical (unpaired) electrons. The summed E-state index contributed by atoms with van der Waals surface area (Å²) in [7, 11) is 0. The van der Waals surface area contributed by atoms with Gasteiger partial charge in [-0.15, -0.1) is 0 Å². The quantitative estimate of drug-likeness (QED) is 0.603. The van der Waals surface area contributed by atoms with Crippen molar-refractivity contribution in [2.75, 3.05) is 0 Å². The van der Waals surface area contributed by atoms with Gasteiger partial charge in [-0.3, -0.25) is 4.79 Å². The van der Waals surface area contributed by atoms with Crippen molar-refractivity contribution in [3.63, 3.8) is 0 Å². The maximum atomic E-state index is 13.7. The van der Waals surface area contributed by atoms with E-state index in [-0.39, 0.29) is 11.5 Å². The highest BCUT2D eigenvalue weighted by Gasteiger charge is 2.35. The molecule has 0 saturated heterocycles. The van der Waals surface area contributed by atoms with Crippen LogP contribution >= 0.6 is 0 Å². The first-order chi connectivity index (χ1) is 14.9. The summed E-state index contributed by atoms with van der Waals surface area (Å²) in [5, 5.41) is 10.1. The van der Waals surface area contributed by atoms with Gasteiger partial charge in [-0.1, -0.05) is 37.5 Å². The highest BCUT2D eigenvalue weighted by molar-refractivity contribution is 5.76. The van der Waals surface area contributed by atoms with Crippen molar-refractivity contribution < 1.29 is 14.6 Å². The molecular formula is C27H37NO4. The van der Waals surface area contributed by atoms with Gasteiger partial charge in [0.1, 0.15) is 0 Å². The van der Waals surface area contributed by atoms with Crippen LogP contribution in [0.2, 0.25) is 0 Å². The fourth-order valence-corrected chi connectivity index (χ4v) is 4.90. The third-order valence-corrected chi connectivity index (χ3v) is 6.61. The molecule has 1 unspecified atom stereocenters. The number of nitrogens with zero attached hydrogens (tertiary/aromatic N) is 1. The van der Waals surface area contributed by atoms with E-state index >= 15 is 0 Å². The van der Waals surface area contributed by atoms with Crippen LogP contribution in [0.15, 0.2) is 23.0 Å². The van der Waals surface area contributed by atoms with Crippen LogP contribution in [-0.4, -0.2) is 21.2 Å². The number of carboxylic acids is 1. The van der Waals surface area contributed by atoms with E-state index in [4.69, 9.17) is 4.74 Å². The zero-order valence-corrected chi connectivity index (χ0v) is 20.5. The maximum Gasteiger partial charge on any atom is 0.339 e. The Kier molecular flexibility index (Phi) is 6.99. The van der Waals surface area contributed by atoms with E-state index in [2.05, 4.69) is 17.6 Å². The van der Waals surface area contributed by atoms with Crippen molar-refractivity contribution in [1.82, 2.24) is 4.57 Å². The minimum atomic E-state index is -1.20. The SMILES string of the molecule is Cc1ccc(-c2c(C)n(C3CCCCC3)c(C(OC(C)(C)C)C(=O)O)c(C)c2=O)cc1C. The Bertz CT molecular complexity index is 1070. The Balaban J connectivity index is 2.35. The normalized spacial score (nSPS) is 16.2. The molecule has 0 amide bonds. The van der Waals surface area contributed by atoms with Crippen LogP contribution in [0, 0.1) is 27.7 Å². The largest absolute Gasteiger partial charge is 0.479 e. The van der Waals surface area contributed by atoms with Gasteiger partial charge in [0.2, 0.25) is 0 Å². The Morgan fingerprint density at radius 2 is 1.69 bits per heavy atom. The van der Waals surface area contributed by atoms with Crippen LogP contribution in [-0.2, 0) is 9.53 Å². The summed E-state index contributed by atoms with van der Waals surface area (Å²) in [5.41, 5.74) is 4.87. The van der Waals surface area contributed by atoms with Gasteiger partial charge in [-0.2, -0.15) is 0 Å². The summed E-state index contributed by atoms with van der Waals surface area (Å²) in [6.45, 7) is 13.4. The topological polar surface area (TPSA) is 68.5 Å². The Hall–Kier alpha value is -2.40. The lowest BCUT2D eigenvalue weighted by Gasteiger charge is -2.35. The van der Waals surface area contributed by atoms with Crippen LogP contribution in [0.1, 0.15) is 93.1 Å². The molecule has 174 valence electrons. The molecule has 2 aromatic rings. The summed E-state index contributed by atoms with van der Waals surface area (Å²) in [6, 6.07) is 6.26. The van der Waals surface area contributed by atoms with E-state index in [1.807, 2.05) is 46.8 Å². The molecule has 1 saturated carbocycles. The van der Waals surface area contributed by atoms with Gasteiger partial charge in [0.15, 0.2) is 11.5 Å². The number of aryl methyl sites for hydroxylation is 2. The summed E-state index contributed by atoms with van der Waals surface area (Å²) in [6.07, 6.45) is 4.15. The number of hydrogen-bond acceptors (Lipinski definition) is 3. The van der Waals surface area contributed by atoms with Crippen LogP contribution in [0.3, 0.4) is 0 Å². The average Bonchev–Trinajstić information content (AvgIpc) is 2.71. The maximum absolute atomic E-state index is 13.7. The van der Waals surface area contributed by atoms with E-state index in [1.54, 1.807) is 6.92 Å². The molecule has 0 bridgehead atoms. The van der Waals surface area contributed by atoms with E-state index in [0.717, 1.165) is 42.5 Å². The van der Waals surface area contributed by atoms with Gasteiger partial charge in [0.25, 0.3) is 0 Å². The smallest absolute Gasteiger partial charge is 0.339 e. The summed E-state index contributed by atoms with van der Waals surface area (Å²) >= 11 is 0. The lowest BCUT2D eigenvalue weighted by Crippen LogP contribution is -2.34. The molecule has 1 aromatic heterocycles. The van der Waals surface area contributed by atoms with Gasteiger partial charge in [0.05, 0.1) is 11.3 Å². The highest BCUT2D eigenvalue weighted by atomic mass is 16.5. The Labute approximate surface area is 191 Å². The zero-order chi connectivity index (χ0) is 23.8. The summed E-state index contributed by atoms with van der Waals surface area (Å²) in [5.74, 6) is -1.06. The molecule has 5 heteroatoms. The molecule has 1 N–H and O–H groups in total. The second-order valence-electron chi connectivity index (χ2n) is 10.2. The van der Waals surface area contributed by atoms with Crippen molar-refractivity contribution in [3.05, 3.63) is 56.5 Å². The molecule has 1 aliphatic carbocycles. The number of hydrogen-bond donors (Lipinski definition) is 1. The molecule has 0 aliphatic heterocycles. The molecule has 5 nitrogen and oxygen atoms in total. The van der Waals surface area contributed by atoms with Crippen molar-refractivity contribution in [2.45, 2.75) is 98.3 Å². The van der Waals surface area contributed by atoms with E-state index in [9.17, 15) is 14.7 Å². The number of carboxylic acid groups (broad SMARTS) is 1.